The number of hydrogen-bond acceptors (Lipinski definition) is 5. The summed E-state index contributed by atoms with van der Waals surface area (Å²) in [7, 11) is 0. The minimum absolute atomic E-state index is 0.0552. The van der Waals surface area contributed by atoms with Crippen molar-refractivity contribution < 1.29 is 13.5 Å². The molecular weight excluding hydrogens is 310 g/mol. The first kappa shape index (κ1) is 15.6. The van der Waals surface area contributed by atoms with Gasteiger partial charge in [0.15, 0.2) is 0 Å². The van der Waals surface area contributed by atoms with Crippen LogP contribution in [-0.2, 0) is 10.3 Å². The third-order valence-corrected chi connectivity index (χ3v) is 5.37. The summed E-state index contributed by atoms with van der Waals surface area (Å²) in [5, 5.41) is 3.72. The van der Waals surface area contributed by atoms with E-state index < -0.39 is 24.1 Å². The second-order valence-electron chi connectivity index (χ2n) is 5.63. The van der Waals surface area contributed by atoms with Crippen molar-refractivity contribution in [3.8, 4) is 0 Å². The summed E-state index contributed by atoms with van der Waals surface area (Å²) >= 11 is 1.59. The monoisotopic (exact) mass is 326 g/mol. The largest absolute Gasteiger partial charge is 0.375 e. The van der Waals surface area contributed by atoms with E-state index in [-0.39, 0.29) is 18.0 Å². The first-order valence-electron chi connectivity index (χ1n) is 7.09. The van der Waals surface area contributed by atoms with Crippen LogP contribution in [-0.4, -0.2) is 30.2 Å². The van der Waals surface area contributed by atoms with Gasteiger partial charge in [0.25, 0.3) is 0 Å². The quantitative estimate of drug-likeness (QED) is 0.790. The Morgan fingerprint density at radius 2 is 2.36 bits per heavy atom. The molecule has 2 heterocycles. The third-order valence-electron chi connectivity index (χ3n) is 4.29. The van der Waals surface area contributed by atoms with E-state index in [4.69, 9.17) is 4.74 Å². The number of benzene rings is 1. The van der Waals surface area contributed by atoms with E-state index >= 15 is 0 Å². The molecule has 4 nitrogen and oxygen atoms in total. The van der Waals surface area contributed by atoms with Gasteiger partial charge in [-0.05, 0) is 30.3 Å². The summed E-state index contributed by atoms with van der Waals surface area (Å²) < 4.78 is 33.1. The molecule has 2 aliphatic rings. The molecule has 1 aromatic rings. The smallest absolute Gasteiger partial charge is 0.129 e. The van der Waals surface area contributed by atoms with E-state index in [2.05, 4.69) is 10.2 Å². The highest BCUT2D eigenvalue weighted by atomic mass is 32.2. The zero-order valence-electron chi connectivity index (χ0n) is 12.1. The number of alkyl halides is 1. The van der Waals surface area contributed by atoms with Gasteiger partial charge in [0, 0.05) is 23.7 Å². The Labute approximate surface area is 131 Å². The molecule has 0 spiro atoms. The van der Waals surface area contributed by atoms with Gasteiger partial charge in [-0.15, -0.1) is 16.7 Å². The fraction of sp³-hybridized carbons (Fsp3) is 0.533. The molecule has 0 saturated carbocycles. The van der Waals surface area contributed by atoms with Crippen LogP contribution in [0.25, 0.3) is 0 Å². The molecule has 118 valence electrons. The van der Waals surface area contributed by atoms with Crippen molar-refractivity contribution in [2.75, 3.05) is 19.0 Å². The topological polar surface area (TPSA) is 51.0 Å². The van der Waals surface area contributed by atoms with Gasteiger partial charge in [-0.3, -0.25) is 4.99 Å². The summed E-state index contributed by atoms with van der Waals surface area (Å²) in [6, 6.07) is 3.99. The standard InChI is InChI=1S/C15H16F2N2O2S/c1-9-18-15(13-4-11(19-20)2-3-14(13)17)5-12(6-16)21-7-10(15)8-22-9/h2-4,10,12H,5-8H2,1H3/t10?,12-,15?/m1/s1. The minimum atomic E-state index is -0.880. The zero-order chi connectivity index (χ0) is 15.7. The van der Waals surface area contributed by atoms with Gasteiger partial charge in [-0.2, -0.15) is 0 Å². The summed E-state index contributed by atoms with van der Waals surface area (Å²) in [6.45, 7) is 1.56. The van der Waals surface area contributed by atoms with Gasteiger partial charge in [0.05, 0.1) is 23.3 Å². The van der Waals surface area contributed by atoms with Crippen molar-refractivity contribution in [1.82, 2.24) is 0 Å². The minimum Gasteiger partial charge on any atom is -0.375 e. The van der Waals surface area contributed by atoms with Crippen molar-refractivity contribution in [1.29, 1.82) is 0 Å². The number of halogens is 2. The van der Waals surface area contributed by atoms with Gasteiger partial charge in [0.1, 0.15) is 18.2 Å². The molecule has 3 atom stereocenters. The van der Waals surface area contributed by atoms with Crippen LogP contribution in [0.5, 0.6) is 0 Å². The Morgan fingerprint density at radius 3 is 3.09 bits per heavy atom. The normalized spacial score (nSPS) is 31.3. The molecule has 22 heavy (non-hydrogen) atoms. The molecule has 0 amide bonds. The number of nitrogens with zero attached hydrogens (tertiary/aromatic N) is 2. The molecule has 2 aliphatic heterocycles. The Bertz CT molecular complexity index is 626. The van der Waals surface area contributed by atoms with Gasteiger partial charge < -0.3 is 4.74 Å². The highest BCUT2D eigenvalue weighted by Gasteiger charge is 2.49. The van der Waals surface area contributed by atoms with Crippen LogP contribution in [0, 0.1) is 16.6 Å². The summed E-state index contributed by atoms with van der Waals surface area (Å²) in [5.41, 5.74) is -0.412. The van der Waals surface area contributed by atoms with Crippen LogP contribution in [0.2, 0.25) is 0 Å². The molecule has 2 unspecified atom stereocenters. The van der Waals surface area contributed by atoms with Crippen LogP contribution in [0.4, 0.5) is 14.5 Å². The maximum atomic E-state index is 14.5. The summed E-state index contributed by atoms with van der Waals surface area (Å²) in [5.74, 6) is 0.229. The van der Waals surface area contributed by atoms with E-state index in [9.17, 15) is 13.7 Å². The number of ether oxygens (including phenoxy) is 1. The van der Waals surface area contributed by atoms with E-state index in [1.165, 1.54) is 18.2 Å². The van der Waals surface area contributed by atoms with Crippen molar-refractivity contribution in [2.45, 2.75) is 25.0 Å². The number of nitroso groups, excluding NO2 is 1. The molecular formula is C15H16F2N2O2S. The number of thioether (sulfide) groups is 1. The Hall–Kier alpha value is -1.34. The molecule has 0 radical (unpaired) electrons. The van der Waals surface area contributed by atoms with E-state index in [0.717, 1.165) is 10.8 Å². The molecule has 0 bridgehead atoms. The van der Waals surface area contributed by atoms with Gasteiger partial charge in [-0.25, -0.2) is 8.78 Å². The van der Waals surface area contributed by atoms with Crippen LogP contribution >= 0.6 is 11.8 Å². The lowest BCUT2D eigenvalue weighted by Gasteiger charge is -2.46. The van der Waals surface area contributed by atoms with E-state index in [1.54, 1.807) is 11.8 Å². The molecule has 0 aliphatic carbocycles. The molecule has 1 aromatic carbocycles. The summed E-state index contributed by atoms with van der Waals surface area (Å²) in [6.07, 6.45) is -0.339. The lowest BCUT2D eigenvalue weighted by molar-refractivity contribution is -0.0620. The number of aliphatic imine (C=N–C) groups is 1. The Balaban J connectivity index is 2.15. The van der Waals surface area contributed by atoms with Gasteiger partial charge in [-0.1, -0.05) is 0 Å². The van der Waals surface area contributed by atoms with Crippen LogP contribution < -0.4 is 0 Å². The van der Waals surface area contributed by atoms with Crippen molar-refractivity contribution in [3.63, 3.8) is 0 Å². The Morgan fingerprint density at radius 1 is 1.55 bits per heavy atom. The molecule has 1 fully saturated rings. The van der Waals surface area contributed by atoms with Crippen LogP contribution in [0.1, 0.15) is 18.9 Å². The maximum absolute atomic E-state index is 14.5. The second-order valence-corrected chi connectivity index (χ2v) is 6.85. The van der Waals surface area contributed by atoms with E-state index in [1.807, 2.05) is 6.92 Å². The SMILES string of the molecule is CC1=NC2(c3cc(N=O)ccc3F)C[C@H](CF)OCC2CS1. The predicted molar refractivity (Wildman–Crippen MR) is 82.9 cm³/mol. The highest BCUT2D eigenvalue weighted by molar-refractivity contribution is 8.13. The number of hydrogen-bond donors (Lipinski definition) is 0. The maximum Gasteiger partial charge on any atom is 0.129 e. The number of rotatable bonds is 3. The molecule has 0 N–H and O–H groups in total. The molecule has 1 saturated heterocycles. The predicted octanol–water partition coefficient (Wildman–Crippen LogP) is 3.96. The van der Waals surface area contributed by atoms with Gasteiger partial charge >= 0.3 is 0 Å². The molecule has 0 aromatic heterocycles. The summed E-state index contributed by atoms with van der Waals surface area (Å²) in [4.78, 5) is 15.5. The second kappa shape index (κ2) is 6.04. The lowest BCUT2D eigenvalue weighted by atomic mass is 9.73. The van der Waals surface area contributed by atoms with Crippen molar-refractivity contribution in [2.24, 2.45) is 16.1 Å². The average molecular weight is 326 g/mol. The van der Waals surface area contributed by atoms with Crippen molar-refractivity contribution in [3.05, 3.63) is 34.5 Å². The van der Waals surface area contributed by atoms with Crippen LogP contribution in [0.15, 0.2) is 28.4 Å². The lowest BCUT2D eigenvalue weighted by Crippen LogP contribution is -2.49. The van der Waals surface area contributed by atoms with Crippen LogP contribution in [0.3, 0.4) is 0 Å². The first-order valence-corrected chi connectivity index (χ1v) is 8.08. The number of fused-ring (bicyclic) bond motifs is 1. The van der Waals surface area contributed by atoms with Gasteiger partial charge in [0.2, 0.25) is 0 Å². The fourth-order valence-electron chi connectivity index (χ4n) is 3.21. The third kappa shape index (κ3) is 2.56. The molecule has 7 heteroatoms. The molecule has 3 rings (SSSR count). The zero-order valence-corrected chi connectivity index (χ0v) is 12.9. The Kier molecular flexibility index (Phi) is 4.27. The first-order chi connectivity index (χ1) is 10.6. The highest BCUT2D eigenvalue weighted by Crippen LogP contribution is 2.48. The van der Waals surface area contributed by atoms with Crippen molar-refractivity contribution >= 4 is 22.5 Å². The van der Waals surface area contributed by atoms with E-state index in [0.29, 0.717) is 12.2 Å². The average Bonchev–Trinajstić information content (AvgIpc) is 2.54. The fourth-order valence-corrected chi connectivity index (χ4v) is 4.25.